The summed E-state index contributed by atoms with van der Waals surface area (Å²) in [7, 11) is 2.93. The SMILES string of the molecule is CC1=[C-]C(C)([Si](C)(C)N(C)C)C(C)=C1C.Cl.Cl.[Ti]. The van der Waals surface area contributed by atoms with Gasteiger partial charge in [-0.25, -0.2) is 5.57 Å². The molecular formula is C13H26Cl2NSiTi-. The molecule has 0 fully saturated rings. The topological polar surface area (TPSA) is 3.24 Å². The van der Waals surface area contributed by atoms with E-state index in [0.717, 1.165) is 0 Å². The Bertz CT molecular complexity index is 351. The van der Waals surface area contributed by atoms with Gasteiger partial charge in [0.25, 0.3) is 0 Å². The van der Waals surface area contributed by atoms with Gasteiger partial charge in [0.1, 0.15) is 8.24 Å². The van der Waals surface area contributed by atoms with Gasteiger partial charge in [-0.2, -0.15) is 11.1 Å². The quantitative estimate of drug-likeness (QED) is 0.529. The van der Waals surface area contributed by atoms with E-state index < -0.39 is 8.24 Å². The van der Waals surface area contributed by atoms with Crippen LogP contribution in [0.5, 0.6) is 0 Å². The Morgan fingerprint density at radius 2 is 1.44 bits per heavy atom. The molecular weight excluding hydrogens is 317 g/mol. The normalized spacial score (nSPS) is 23.1. The smallest absolute Gasteiger partial charge is 0.116 e. The van der Waals surface area contributed by atoms with Crippen molar-refractivity contribution >= 4 is 33.0 Å². The van der Waals surface area contributed by atoms with Gasteiger partial charge in [0, 0.05) is 21.7 Å². The van der Waals surface area contributed by atoms with Gasteiger partial charge in [-0.3, -0.25) is 6.08 Å². The van der Waals surface area contributed by atoms with Crippen molar-refractivity contribution in [1.29, 1.82) is 0 Å². The zero-order chi connectivity index (χ0) is 12.0. The number of allylic oxidation sites excluding steroid dienone is 4. The second-order valence-electron chi connectivity index (χ2n) is 5.58. The van der Waals surface area contributed by atoms with E-state index >= 15 is 0 Å². The van der Waals surface area contributed by atoms with Crippen molar-refractivity contribution in [2.75, 3.05) is 14.1 Å². The van der Waals surface area contributed by atoms with Crippen LogP contribution in [-0.4, -0.2) is 26.9 Å². The first kappa shape index (κ1) is 24.0. The summed E-state index contributed by atoms with van der Waals surface area (Å²) in [4.78, 5) is 0. The van der Waals surface area contributed by atoms with E-state index in [2.05, 4.69) is 65.5 Å². The summed E-state index contributed by atoms with van der Waals surface area (Å²) < 4.78 is 2.43. The van der Waals surface area contributed by atoms with Crippen molar-refractivity contribution in [2.24, 2.45) is 0 Å². The maximum atomic E-state index is 3.71. The molecule has 0 aromatic rings. The molecule has 0 amide bonds. The Hall–Kier alpha value is 0.951. The number of nitrogens with zero attached hydrogens (tertiary/aromatic N) is 1. The third kappa shape index (κ3) is 3.53. The fourth-order valence-corrected chi connectivity index (χ4v) is 4.77. The first-order chi connectivity index (χ1) is 6.64. The second-order valence-corrected chi connectivity index (χ2v) is 10.6. The third-order valence-electron chi connectivity index (χ3n) is 4.65. The van der Waals surface area contributed by atoms with Crippen molar-refractivity contribution in [3.05, 3.63) is 22.8 Å². The summed E-state index contributed by atoms with van der Waals surface area (Å²) in [5, 5.41) is 0.171. The molecule has 18 heavy (non-hydrogen) atoms. The minimum atomic E-state index is -1.48. The Kier molecular flexibility index (Phi) is 10.2. The van der Waals surface area contributed by atoms with Crippen LogP contribution in [0.1, 0.15) is 27.7 Å². The second kappa shape index (κ2) is 7.66. The summed E-state index contributed by atoms with van der Waals surface area (Å²) in [5.41, 5.74) is 4.31. The van der Waals surface area contributed by atoms with Crippen molar-refractivity contribution in [3.63, 3.8) is 0 Å². The summed E-state index contributed by atoms with van der Waals surface area (Å²) in [5.74, 6) is 0. The Morgan fingerprint density at radius 3 is 1.67 bits per heavy atom. The number of hydrogen-bond donors (Lipinski definition) is 0. The molecule has 0 aromatic heterocycles. The molecule has 0 radical (unpaired) electrons. The van der Waals surface area contributed by atoms with E-state index in [1.165, 1.54) is 16.7 Å². The molecule has 106 valence electrons. The molecule has 1 rings (SSSR count). The average molecular weight is 343 g/mol. The molecule has 0 aliphatic heterocycles. The molecule has 1 atom stereocenters. The zero-order valence-corrected chi connectivity index (χ0v) is 17.0. The zero-order valence-electron chi connectivity index (χ0n) is 12.8. The van der Waals surface area contributed by atoms with Crippen LogP contribution in [0.25, 0.3) is 0 Å². The Labute approximate surface area is 141 Å². The van der Waals surface area contributed by atoms with Crippen molar-refractivity contribution in [1.82, 2.24) is 4.57 Å². The summed E-state index contributed by atoms with van der Waals surface area (Å²) in [6.45, 7) is 13.9. The predicted molar refractivity (Wildman–Crippen MR) is 84.8 cm³/mol. The molecule has 1 unspecified atom stereocenters. The Morgan fingerprint density at radius 1 is 1.06 bits per heavy atom. The third-order valence-corrected chi connectivity index (χ3v) is 9.84. The van der Waals surface area contributed by atoms with Crippen LogP contribution >= 0.6 is 24.8 Å². The Balaban J connectivity index is -0.000000750. The van der Waals surface area contributed by atoms with Crippen LogP contribution in [0, 0.1) is 6.08 Å². The first-order valence-corrected chi connectivity index (χ1v) is 8.57. The molecule has 1 aliphatic carbocycles. The van der Waals surface area contributed by atoms with Crippen LogP contribution in [0.2, 0.25) is 18.1 Å². The van der Waals surface area contributed by atoms with Gasteiger partial charge >= 0.3 is 0 Å². The van der Waals surface area contributed by atoms with Gasteiger partial charge in [-0.05, 0) is 14.1 Å². The summed E-state index contributed by atoms with van der Waals surface area (Å²) in [6, 6.07) is 0. The largest absolute Gasteiger partial charge is 0.329 e. The number of halogens is 2. The van der Waals surface area contributed by atoms with Gasteiger partial charge in [0.15, 0.2) is 0 Å². The van der Waals surface area contributed by atoms with Gasteiger partial charge in [-0.15, -0.1) is 31.7 Å². The van der Waals surface area contributed by atoms with Gasteiger partial charge < -0.3 is 4.57 Å². The molecule has 0 aromatic carbocycles. The van der Waals surface area contributed by atoms with Crippen LogP contribution < -0.4 is 0 Å². The van der Waals surface area contributed by atoms with E-state index in [4.69, 9.17) is 0 Å². The minimum absolute atomic E-state index is 0. The fourth-order valence-electron chi connectivity index (χ4n) is 2.28. The van der Waals surface area contributed by atoms with Crippen LogP contribution in [-0.2, 0) is 21.7 Å². The van der Waals surface area contributed by atoms with E-state index in [9.17, 15) is 0 Å². The fraction of sp³-hybridized carbons (Fsp3) is 0.692. The summed E-state index contributed by atoms with van der Waals surface area (Å²) in [6.07, 6.45) is 3.71. The number of rotatable bonds is 2. The summed E-state index contributed by atoms with van der Waals surface area (Å²) >= 11 is 0. The molecule has 0 saturated heterocycles. The average Bonchev–Trinajstić information content (AvgIpc) is 2.31. The maximum absolute atomic E-state index is 3.71. The van der Waals surface area contributed by atoms with Gasteiger partial charge in [0.2, 0.25) is 0 Å². The van der Waals surface area contributed by atoms with Crippen molar-refractivity contribution in [2.45, 2.75) is 45.8 Å². The molecule has 1 nitrogen and oxygen atoms in total. The van der Waals surface area contributed by atoms with Gasteiger partial charge in [-0.1, -0.05) is 38.9 Å². The molecule has 1 aliphatic rings. The molecule has 0 bridgehead atoms. The van der Waals surface area contributed by atoms with Crippen molar-refractivity contribution < 1.29 is 21.7 Å². The van der Waals surface area contributed by atoms with Crippen LogP contribution in [0.3, 0.4) is 0 Å². The first-order valence-electron chi connectivity index (χ1n) is 5.62. The molecule has 5 heteroatoms. The van der Waals surface area contributed by atoms with E-state index in [-0.39, 0.29) is 51.6 Å². The molecule has 0 N–H and O–H groups in total. The van der Waals surface area contributed by atoms with Crippen molar-refractivity contribution in [3.8, 4) is 0 Å². The number of hydrogen-bond acceptors (Lipinski definition) is 1. The molecule has 0 heterocycles. The molecule has 0 saturated carbocycles. The van der Waals surface area contributed by atoms with Crippen LogP contribution in [0.4, 0.5) is 0 Å². The predicted octanol–water partition coefficient (Wildman–Crippen LogP) is 4.45. The maximum Gasteiger partial charge on any atom is 0.116 e. The standard InChI is InChI=1S/C13H24NSi.2ClH.Ti/c1-10-9-13(4,12(3)11(10)2)15(7,8)14(5)6;;;/h1-8H3;2*1H;/q-1;;;. The minimum Gasteiger partial charge on any atom is -0.329 e. The van der Waals surface area contributed by atoms with E-state index in [1.54, 1.807) is 0 Å². The van der Waals surface area contributed by atoms with E-state index in [0.29, 0.717) is 0 Å². The van der Waals surface area contributed by atoms with Gasteiger partial charge in [0.05, 0.1) is 0 Å². The van der Waals surface area contributed by atoms with E-state index in [1.807, 2.05) is 0 Å². The van der Waals surface area contributed by atoms with Crippen LogP contribution in [0.15, 0.2) is 16.7 Å². The molecule has 0 spiro atoms. The monoisotopic (exact) mass is 342 g/mol.